The summed E-state index contributed by atoms with van der Waals surface area (Å²) in [5.74, 6) is 0.0618. The number of carbonyl (C=O) groups is 1. The van der Waals surface area contributed by atoms with Gasteiger partial charge in [-0.1, -0.05) is 73.5 Å². The molecular formula is C23H26O. The van der Waals surface area contributed by atoms with Gasteiger partial charge < -0.3 is 0 Å². The molecule has 0 saturated carbocycles. The molecule has 124 valence electrons. The van der Waals surface area contributed by atoms with E-state index in [2.05, 4.69) is 64.1 Å². The van der Waals surface area contributed by atoms with Crippen molar-refractivity contribution >= 4 is 16.9 Å². The molecule has 2 aromatic carbocycles. The molecule has 0 atom stereocenters. The maximum atomic E-state index is 12.5. The topological polar surface area (TPSA) is 17.1 Å². The van der Waals surface area contributed by atoms with Gasteiger partial charge in [-0.3, -0.25) is 4.79 Å². The second-order valence-corrected chi connectivity index (χ2v) is 6.19. The van der Waals surface area contributed by atoms with E-state index in [1.807, 2.05) is 12.1 Å². The Kier molecular flexibility index (Phi) is 6.31. The van der Waals surface area contributed by atoms with Gasteiger partial charge >= 0.3 is 0 Å². The lowest BCUT2D eigenvalue weighted by molar-refractivity contribution is -0.110. The SMILES string of the molecule is CCC(=CC(=O)C=C(CC)c1cccc(C)c1)c1cccc(C)c1. The van der Waals surface area contributed by atoms with Gasteiger partial charge in [-0.15, -0.1) is 0 Å². The lowest BCUT2D eigenvalue weighted by atomic mass is 9.97. The molecule has 0 bridgehead atoms. The molecule has 0 aliphatic carbocycles. The van der Waals surface area contributed by atoms with E-state index in [0.717, 1.165) is 35.1 Å². The zero-order valence-electron chi connectivity index (χ0n) is 15.1. The summed E-state index contributed by atoms with van der Waals surface area (Å²) < 4.78 is 0. The molecule has 0 aromatic heterocycles. The zero-order chi connectivity index (χ0) is 17.5. The molecular weight excluding hydrogens is 292 g/mol. The lowest BCUT2D eigenvalue weighted by Crippen LogP contribution is -1.94. The number of allylic oxidation sites excluding steroid dienone is 4. The quantitative estimate of drug-likeness (QED) is 0.583. The molecule has 1 nitrogen and oxygen atoms in total. The minimum Gasteiger partial charge on any atom is -0.290 e. The van der Waals surface area contributed by atoms with Gasteiger partial charge in [0.05, 0.1) is 0 Å². The summed E-state index contributed by atoms with van der Waals surface area (Å²) in [4.78, 5) is 12.5. The maximum absolute atomic E-state index is 12.5. The van der Waals surface area contributed by atoms with E-state index in [-0.39, 0.29) is 5.78 Å². The predicted molar refractivity (Wildman–Crippen MR) is 104 cm³/mol. The van der Waals surface area contributed by atoms with Crippen LogP contribution in [0.3, 0.4) is 0 Å². The van der Waals surface area contributed by atoms with Crippen molar-refractivity contribution in [3.05, 3.63) is 82.9 Å². The van der Waals surface area contributed by atoms with Gasteiger partial charge in [-0.2, -0.15) is 0 Å². The summed E-state index contributed by atoms with van der Waals surface area (Å²) in [6, 6.07) is 16.6. The Bertz CT molecular complexity index is 713. The number of hydrogen-bond donors (Lipinski definition) is 0. The van der Waals surface area contributed by atoms with Crippen molar-refractivity contribution in [3.8, 4) is 0 Å². The molecule has 2 aromatic rings. The Morgan fingerprint density at radius 2 is 1.21 bits per heavy atom. The molecule has 0 fully saturated rings. The number of carbonyl (C=O) groups excluding carboxylic acids is 1. The van der Waals surface area contributed by atoms with Crippen molar-refractivity contribution in [2.75, 3.05) is 0 Å². The van der Waals surface area contributed by atoms with Crippen LogP contribution in [0.5, 0.6) is 0 Å². The minimum absolute atomic E-state index is 0.0618. The smallest absolute Gasteiger partial charge is 0.179 e. The van der Waals surface area contributed by atoms with Crippen molar-refractivity contribution in [1.82, 2.24) is 0 Å². The summed E-state index contributed by atoms with van der Waals surface area (Å²) in [6.07, 6.45) is 5.24. The van der Waals surface area contributed by atoms with E-state index >= 15 is 0 Å². The van der Waals surface area contributed by atoms with Gasteiger partial charge in [-0.25, -0.2) is 0 Å². The second-order valence-electron chi connectivity index (χ2n) is 6.19. The van der Waals surface area contributed by atoms with Crippen molar-refractivity contribution in [3.63, 3.8) is 0 Å². The zero-order valence-corrected chi connectivity index (χ0v) is 15.1. The number of benzene rings is 2. The lowest BCUT2D eigenvalue weighted by Gasteiger charge is -2.07. The Hall–Kier alpha value is -2.41. The van der Waals surface area contributed by atoms with Gasteiger partial charge in [0.15, 0.2) is 5.78 Å². The van der Waals surface area contributed by atoms with Crippen LogP contribution in [0.1, 0.15) is 48.9 Å². The average molecular weight is 318 g/mol. The molecule has 0 spiro atoms. The van der Waals surface area contributed by atoms with Crippen LogP contribution in [0.15, 0.2) is 60.7 Å². The first-order valence-electron chi connectivity index (χ1n) is 8.62. The van der Waals surface area contributed by atoms with E-state index in [1.54, 1.807) is 12.2 Å². The van der Waals surface area contributed by atoms with E-state index in [4.69, 9.17) is 0 Å². The fraction of sp³-hybridized carbons (Fsp3) is 0.261. The van der Waals surface area contributed by atoms with Crippen LogP contribution in [0.25, 0.3) is 11.1 Å². The van der Waals surface area contributed by atoms with Gasteiger partial charge in [0.1, 0.15) is 0 Å². The van der Waals surface area contributed by atoms with Crippen LogP contribution in [-0.2, 0) is 4.79 Å². The highest BCUT2D eigenvalue weighted by molar-refractivity contribution is 6.08. The summed E-state index contributed by atoms with van der Waals surface area (Å²) in [5.41, 5.74) is 6.85. The largest absolute Gasteiger partial charge is 0.290 e. The van der Waals surface area contributed by atoms with E-state index < -0.39 is 0 Å². The van der Waals surface area contributed by atoms with Gasteiger partial charge in [0.25, 0.3) is 0 Å². The molecule has 0 aliphatic rings. The Morgan fingerprint density at radius 1 is 0.792 bits per heavy atom. The molecule has 0 saturated heterocycles. The molecule has 0 radical (unpaired) electrons. The number of aryl methyl sites for hydroxylation is 2. The average Bonchev–Trinajstić information content (AvgIpc) is 2.57. The summed E-state index contributed by atoms with van der Waals surface area (Å²) in [7, 11) is 0. The third kappa shape index (κ3) is 4.79. The van der Waals surface area contributed by atoms with Crippen LogP contribution in [0.2, 0.25) is 0 Å². The predicted octanol–water partition coefficient (Wildman–Crippen LogP) is 6.16. The molecule has 0 amide bonds. The first-order chi connectivity index (χ1) is 11.5. The van der Waals surface area contributed by atoms with Crippen LogP contribution < -0.4 is 0 Å². The Labute approximate surface area is 145 Å². The Morgan fingerprint density at radius 3 is 1.54 bits per heavy atom. The summed E-state index contributed by atoms with van der Waals surface area (Å²) >= 11 is 0. The fourth-order valence-corrected chi connectivity index (χ4v) is 2.85. The van der Waals surface area contributed by atoms with Gasteiger partial charge in [-0.05, 0) is 61.1 Å². The highest BCUT2D eigenvalue weighted by Crippen LogP contribution is 2.22. The molecule has 2 rings (SSSR count). The van der Waals surface area contributed by atoms with Crippen LogP contribution in [0.4, 0.5) is 0 Å². The highest BCUT2D eigenvalue weighted by atomic mass is 16.1. The van der Waals surface area contributed by atoms with E-state index in [9.17, 15) is 4.79 Å². The molecule has 1 heteroatoms. The van der Waals surface area contributed by atoms with Crippen molar-refractivity contribution in [2.24, 2.45) is 0 Å². The maximum Gasteiger partial charge on any atom is 0.179 e. The fourth-order valence-electron chi connectivity index (χ4n) is 2.85. The first-order valence-corrected chi connectivity index (χ1v) is 8.62. The van der Waals surface area contributed by atoms with E-state index in [1.165, 1.54) is 11.1 Å². The summed E-state index contributed by atoms with van der Waals surface area (Å²) in [6.45, 7) is 8.33. The highest BCUT2D eigenvalue weighted by Gasteiger charge is 2.05. The normalized spacial score (nSPS) is 12.3. The summed E-state index contributed by atoms with van der Waals surface area (Å²) in [5, 5.41) is 0. The molecule has 0 heterocycles. The third-order valence-corrected chi connectivity index (χ3v) is 4.17. The van der Waals surface area contributed by atoms with Crippen LogP contribution in [-0.4, -0.2) is 5.78 Å². The van der Waals surface area contributed by atoms with Crippen LogP contribution in [0, 0.1) is 13.8 Å². The molecule has 0 aliphatic heterocycles. The second kappa shape index (κ2) is 8.44. The van der Waals surface area contributed by atoms with E-state index in [0.29, 0.717) is 0 Å². The standard InChI is InChI=1S/C23H26O/c1-5-19(21-11-7-9-17(3)13-21)15-23(24)16-20(6-2)22-12-8-10-18(4)14-22/h7-16H,5-6H2,1-4H3. The number of ketones is 1. The number of rotatable bonds is 6. The van der Waals surface area contributed by atoms with Gasteiger partial charge in [0, 0.05) is 0 Å². The molecule has 24 heavy (non-hydrogen) atoms. The van der Waals surface area contributed by atoms with Crippen LogP contribution >= 0.6 is 0 Å². The molecule has 0 unspecified atom stereocenters. The van der Waals surface area contributed by atoms with Gasteiger partial charge in [0.2, 0.25) is 0 Å². The third-order valence-electron chi connectivity index (χ3n) is 4.17. The first kappa shape index (κ1) is 17.9. The monoisotopic (exact) mass is 318 g/mol. The number of hydrogen-bond acceptors (Lipinski definition) is 1. The van der Waals surface area contributed by atoms with Crippen molar-refractivity contribution < 1.29 is 4.79 Å². The minimum atomic E-state index is 0.0618. The van der Waals surface area contributed by atoms with Crippen molar-refractivity contribution in [2.45, 2.75) is 40.5 Å². The van der Waals surface area contributed by atoms with Crippen molar-refractivity contribution in [1.29, 1.82) is 0 Å². The Balaban J connectivity index is 2.31. The molecule has 0 N–H and O–H groups in total.